The van der Waals surface area contributed by atoms with Gasteiger partial charge in [-0.2, -0.15) is 0 Å². The molecule has 0 bridgehead atoms. The molecule has 0 aromatic carbocycles. The van der Waals surface area contributed by atoms with Gasteiger partial charge < -0.3 is 10.2 Å². The molecule has 0 aliphatic carbocycles. The second-order valence-corrected chi connectivity index (χ2v) is 5.73. The first-order valence-electron chi connectivity index (χ1n) is 7.87. The summed E-state index contributed by atoms with van der Waals surface area (Å²) >= 11 is 0. The van der Waals surface area contributed by atoms with Crippen molar-refractivity contribution in [2.45, 2.75) is 59.0 Å². The minimum Gasteiger partial charge on any atom is -0.315 e. The number of hydrogen-bond acceptors (Lipinski definition) is 3. The molecular formula is C15H33N3. The highest BCUT2D eigenvalue weighted by atomic mass is 15.3. The van der Waals surface area contributed by atoms with Crippen molar-refractivity contribution in [2.75, 3.05) is 39.3 Å². The Morgan fingerprint density at radius 3 is 2.61 bits per heavy atom. The van der Waals surface area contributed by atoms with E-state index >= 15 is 0 Å². The molecule has 0 aromatic heterocycles. The molecule has 0 spiro atoms. The third kappa shape index (κ3) is 5.68. The van der Waals surface area contributed by atoms with Crippen LogP contribution in [0.4, 0.5) is 0 Å². The van der Waals surface area contributed by atoms with Crippen LogP contribution in [0.5, 0.6) is 0 Å². The Bertz CT molecular complexity index is 208. The van der Waals surface area contributed by atoms with E-state index in [0.29, 0.717) is 6.04 Å². The lowest BCUT2D eigenvalue weighted by molar-refractivity contribution is 0.0868. The third-order valence-corrected chi connectivity index (χ3v) is 4.17. The van der Waals surface area contributed by atoms with E-state index in [2.05, 4.69) is 42.8 Å². The summed E-state index contributed by atoms with van der Waals surface area (Å²) in [6.45, 7) is 16.5. The molecule has 18 heavy (non-hydrogen) atoms. The summed E-state index contributed by atoms with van der Waals surface area (Å²) in [6, 6.07) is 1.43. The van der Waals surface area contributed by atoms with E-state index in [4.69, 9.17) is 0 Å². The normalized spacial score (nSPS) is 24.3. The first-order valence-corrected chi connectivity index (χ1v) is 7.87. The van der Waals surface area contributed by atoms with Crippen LogP contribution in [0.1, 0.15) is 47.0 Å². The van der Waals surface area contributed by atoms with Crippen LogP contribution >= 0.6 is 0 Å². The number of rotatable bonds is 8. The Hall–Kier alpha value is -0.120. The zero-order valence-electron chi connectivity index (χ0n) is 12.9. The van der Waals surface area contributed by atoms with Crippen LogP contribution in [0.25, 0.3) is 0 Å². The van der Waals surface area contributed by atoms with Crippen LogP contribution in [0.2, 0.25) is 0 Å². The van der Waals surface area contributed by atoms with Crippen molar-refractivity contribution in [1.82, 2.24) is 15.1 Å². The topological polar surface area (TPSA) is 18.5 Å². The van der Waals surface area contributed by atoms with Crippen LogP contribution in [0.3, 0.4) is 0 Å². The first kappa shape index (κ1) is 15.9. The molecule has 0 saturated carbocycles. The van der Waals surface area contributed by atoms with Crippen LogP contribution < -0.4 is 5.32 Å². The molecule has 3 nitrogen and oxygen atoms in total. The van der Waals surface area contributed by atoms with Gasteiger partial charge in [0.1, 0.15) is 0 Å². The molecule has 1 aliphatic rings. The van der Waals surface area contributed by atoms with Gasteiger partial charge in [0.05, 0.1) is 0 Å². The molecule has 0 amide bonds. The molecule has 0 aromatic rings. The quantitative estimate of drug-likeness (QED) is 0.671. The van der Waals surface area contributed by atoms with Crippen LogP contribution in [-0.4, -0.2) is 61.2 Å². The largest absolute Gasteiger partial charge is 0.315 e. The van der Waals surface area contributed by atoms with E-state index in [1.165, 1.54) is 52.0 Å². The van der Waals surface area contributed by atoms with E-state index < -0.39 is 0 Å². The van der Waals surface area contributed by atoms with Gasteiger partial charge in [-0.15, -0.1) is 0 Å². The lowest BCUT2D eigenvalue weighted by Gasteiger charge is -2.39. The van der Waals surface area contributed by atoms with Crippen molar-refractivity contribution >= 4 is 0 Å². The number of likely N-dealkylation sites (N-methyl/N-ethyl adjacent to an activating group) is 1. The van der Waals surface area contributed by atoms with Gasteiger partial charge in [0.25, 0.3) is 0 Å². The molecule has 2 unspecified atom stereocenters. The van der Waals surface area contributed by atoms with Crippen LogP contribution in [0, 0.1) is 0 Å². The second-order valence-electron chi connectivity index (χ2n) is 5.73. The van der Waals surface area contributed by atoms with Gasteiger partial charge in [0.2, 0.25) is 0 Å². The Morgan fingerprint density at radius 1 is 1.22 bits per heavy atom. The van der Waals surface area contributed by atoms with Gasteiger partial charge in [-0.05, 0) is 46.3 Å². The predicted octanol–water partition coefficient (Wildman–Crippen LogP) is 2.18. The van der Waals surface area contributed by atoms with Gasteiger partial charge in [-0.25, -0.2) is 0 Å². The monoisotopic (exact) mass is 255 g/mol. The summed E-state index contributed by atoms with van der Waals surface area (Å²) in [5.74, 6) is 0. The fourth-order valence-electron chi connectivity index (χ4n) is 2.98. The molecule has 1 saturated heterocycles. The highest BCUT2D eigenvalue weighted by Crippen LogP contribution is 2.10. The smallest absolute Gasteiger partial charge is 0.0195 e. The van der Waals surface area contributed by atoms with Crippen LogP contribution in [0.15, 0.2) is 0 Å². The van der Waals surface area contributed by atoms with E-state index in [0.717, 1.165) is 12.6 Å². The molecule has 108 valence electrons. The first-order chi connectivity index (χ1) is 8.67. The standard InChI is InChI=1S/C15H33N3/c1-5-16-14(3)9-7-8-10-17-11-12-18(6-2)15(4)13-17/h14-16H,5-13H2,1-4H3. The zero-order chi connectivity index (χ0) is 13.4. The summed E-state index contributed by atoms with van der Waals surface area (Å²) in [5.41, 5.74) is 0. The van der Waals surface area contributed by atoms with Crippen molar-refractivity contribution in [2.24, 2.45) is 0 Å². The Kier molecular flexibility index (Phi) is 7.87. The lowest BCUT2D eigenvalue weighted by atomic mass is 10.1. The summed E-state index contributed by atoms with van der Waals surface area (Å²) in [7, 11) is 0. The Morgan fingerprint density at radius 2 is 2.00 bits per heavy atom. The molecule has 3 heteroatoms. The molecule has 1 N–H and O–H groups in total. The Balaban J connectivity index is 2.06. The number of unbranched alkanes of at least 4 members (excludes halogenated alkanes) is 1. The van der Waals surface area contributed by atoms with E-state index in [1.54, 1.807) is 0 Å². The van der Waals surface area contributed by atoms with E-state index in [-0.39, 0.29) is 0 Å². The highest BCUT2D eigenvalue weighted by Gasteiger charge is 2.21. The molecule has 2 atom stereocenters. The molecule has 1 aliphatic heterocycles. The van der Waals surface area contributed by atoms with Crippen molar-refractivity contribution < 1.29 is 0 Å². The average Bonchev–Trinajstić information content (AvgIpc) is 2.35. The zero-order valence-corrected chi connectivity index (χ0v) is 12.9. The van der Waals surface area contributed by atoms with Crippen molar-refractivity contribution in [3.63, 3.8) is 0 Å². The van der Waals surface area contributed by atoms with Crippen molar-refractivity contribution in [3.8, 4) is 0 Å². The van der Waals surface area contributed by atoms with Gasteiger partial charge in [-0.3, -0.25) is 4.90 Å². The second kappa shape index (κ2) is 8.89. The van der Waals surface area contributed by atoms with Gasteiger partial charge in [0, 0.05) is 31.7 Å². The number of hydrogen-bond donors (Lipinski definition) is 1. The minimum absolute atomic E-state index is 0.686. The van der Waals surface area contributed by atoms with Crippen molar-refractivity contribution in [1.29, 1.82) is 0 Å². The maximum absolute atomic E-state index is 3.48. The van der Waals surface area contributed by atoms with Crippen molar-refractivity contribution in [3.05, 3.63) is 0 Å². The van der Waals surface area contributed by atoms with Gasteiger partial charge in [0.15, 0.2) is 0 Å². The maximum Gasteiger partial charge on any atom is 0.0195 e. The number of nitrogens with zero attached hydrogens (tertiary/aromatic N) is 2. The van der Waals surface area contributed by atoms with E-state index in [9.17, 15) is 0 Å². The lowest BCUT2D eigenvalue weighted by Crippen LogP contribution is -2.51. The molecule has 1 rings (SSSR count). The summed E-state index contributed by atoms with van der Waals surface area (Å²) in [5, 5.41) is 3.48. The molecule has 0 radical (unpaired) electrons. The average molecular weight is 255 g/mol. The number of nitrogens with one attached hydrogen (secondary N) is 1. The Labute approximate surface area is 114 Å². The van der Waals surface area contributed by atoms with Gasteiger partial charge in [-0.1, -0.05) is 20.3 Å². The summed E-state index contributed by atoms with van der Waals surface area (Å²) in [4.78, 5) is 5.23. The minimum atomic E-state index is 0.686. The highest BCUT2D eigenvalue weighted by molar-refractivity contribution is 4.78. The fourth-order valence-corrected chi connectivity index (χ4v) is 2.98. The van der Waals surface area contributed by atoms with Gasteiger partial charge >= 0.3 is 0 Å². The fraction of sp³-hybridized carbons (Fsp3) is 1.00. The number of piperazine rings is 1. The SMILES string of the molecule is CCNC(C)CCCCN1CCN(CC)C(C)C1. The van der Waals surface area contributed by atoms with Crippen LogP contribution in [-0.2, 0) is 0 Å². The maximum atomic E-state index is 3.48. The third-order valence-electron chi connectivity index (χ3n) is 4.17. The summed E-state index contributed by atoms with van der Waals surface area (Å²) < 4.78 is 0. The molecule has 1 fully saturated rings. The van der Waals surface area contributed by atoms with E-state index in [1.807, 2.05) is 0 Å². The molecule has 1 heterocycles. The molecular weight excluding hydrogens is 222 g/mol. The summed E-state index contributed by atoms with van der Waals surface area (Å²) in [6.07, 6.45) is 4.03. The predicted molar refractivity (Wildman–Crippen MR) is 80.1 cm³/mol.